The van der Waals surface area contributed by atoms with Crippen LogP contribution in [0.2, 0.25) is 0 Å². The molecule has 0 aliphatic heterocycles. The molecule has 5 aromatic carbocycles. The van der Waals surface area contributed by atoms with Crippen molar-refractivity contribution in [2.24, 2.45) is 0 Å². The van der Waals surface area contributed by atoms with Gasteiger partial charge in [-0.15, -0.1) is 0 Å². The van der Waals surface area contributed by atoms with Crippen molar-refractivity contribution in [2.45, 2.75) is 0 Å². The van der Waals surface area contributed by atoms with Gasteiger partial charge in [-0.3, -0.25) is 0 Å². The van der Waals surface area contributed by atoms with Crippen molar-refractivity contribution >= 4 is 54.0 Å². The average Bonchev–Trinajstić information content (AvgIpc) is 2.88. The Balaban J connectivity index is 2.27. The van der Waals surface area contributed by atoms with Gasteiger partial charge in [0, 0.05) is 22.2 Å². The van der Waals surface area contributed by atoms with Gasteiger partial charge in [0.15, 0.2) is 6.20 Å². The third-order valence-corrected chi connectivity index (χ3v) is 4.81. The molecule has 6 aromatic rings. The Morgan fingerprint density at radius 3 is 1.55 bits per heavy atom. The molecule has 20 heavy (non-hydrogen) atoms. The van der Waals surface area contributed by atoms with E-state index in [2.05, 4.69) is 59.7 Å². The maximum absolute atomic E-state index is 3.45. The first kappa shape index (κ1) is 9.27. The molecule has 0 radical (unpaired) electrons. The highest BCUT2D eigenvalue weighted by Gasteiger charge is 2.21. The number of pyridine rings is 1. The lowest BCUT2D eigenvalue weighted by Crippen LogP contribution is -2.01. The second kappa shape index (κ2) is 2.75. The van der Waals surface area contributed by atoms with E-state index in [1.165, 1.54) is 54.0 Å². The van der Waals surface area contributed by atoms with Crippen LogP contribution in [0.1, 0.15) is 0 Å². The molecule has 0 aliphatic carbocycles. The molecule has 0 saturated heterocycles. The summed E-state index contributed by atoms with van der Waals surface area (Å²) in [5.74, 6) is 0. The molecular weight excluding hydrogens is 242 g/mol. The van der Waals surface area contributed by atoms with E-state index in [1.807, 2.05) is 0 Å². The Kier molecular flexibility index (Phi) is 1.28. The molecule has 0 saturated carbocycles. The Bertz CT molecular complexity index is 930. The molecule has 0 bridgehead atoms. The number of H-pyrrole nitrogens is 1. The maximum atomic E-state index is 3.45. The normalized spacial score (nSPS) is 13.0. The molecule has 1 nitrogen and oxygen atoms in total. The summed E-state index contributed by atoms with van der Waals surface area (Å²) in [6, 6.07) is 17.9. The van der Waals surface area contributed by atoms with Gasteiger partial charge in [0.05, 0.1) is 5.39 Å². The Morgan fingerprint density at radius 2 is 0.900 bits per heavy atom. The fourth-order valence-electron chi connectivity index (χ4n) is 3.99. The highest BCUT2D eigenvalue weighted by molar-refractivity contribution is 6.43. The summed E-state index contributed by atoms with van der Waals surface area (Å²) in [7, 11) is 0. The fraction of sp³-hybridized carbons (Fsp3) is 0. The summed E-state index contributed by atoms with van der Waals surface area (Å²) in [5.41, 5.74) is 1.24. The quantitative estimate of drug-likeness (QED) is 0.351. The molecule has 1 heteroatoms. The van der Waals surface area contributed by atoms with Gasteiger partial charge >= 0.3 is 0 Å². The molecule has 0 fully saturated rings. The Labute approximate surface area is 114 Å². The monoisotopic (exact) mass is 252 g/mol. The van der Waals surface area contributed by atoms with Gasteiger partial charge in [-0.1, -0.05) is 30.3 Å². The SMILES string of the molecule is c1cc2ccc3c[nH+]c4ccc5ccc1c1c2c3c4c51. The standard InChI is InChI=1S/C19H9N/c1-2-11-5-6-13-9-20-14-8-7-12-4-3-10(1)15-16(11)18(13)19(14)17(12)15/h1-9H/p+1. The minimum Gasteiger partial charge on any atom is -0.210 e. The van der Waals surface area contributed by atoms with E-state index in [-0.39, 0.29) is 0 Å². The molecule has 0 aliphatic rings. The highest BCUT2D eigenvalue weighted by atomic mass is 14.7. The van der Waals surface area contributed by atoms with E-state index < -0.39 is 0 Å². The van der Waals surface area contributed by atoms with E-state index in [4.69, 9.17) is 0 Å². The van der Waals surface area contributed by atoms with Crippen LogP contribution in [0.4, 0.5) is 0 Å². The van der Waals surface area contributed by atoms with Crippen LogP contribution in [0.3, 0.4) is 0 Å². The second-order valence-corrected chi connectivity index (χ2v) is 5.73. The van der Waals surface area contributed by atoms with Crippen LogP contribution in [0, 0.1) is 0 Å². The molecule has 0 amide bonds. The van der Waals surface area contributed by atoms with Crippen molar-refractivity contribution < 1.29 is 4.98 Å². The molecule has 1 aromatic heterocycles. The summed E-state index contributed by atoms with van der Waals surface area (Å²) in [5, 5.41) is 12.5. The smallest absolute Gasteiger partial charge is 0.210 e. The Morgan fingerprint density at radius 1 is 0.450 bits per heavy atom. The zero-order valence-corrected chi connectivity index (χ0v) is 10.7. The molecule has 0 spiro atoms. The first-order valence-electron chi connectivity index (χ1n) is 6.97. The fourth-order valence-corrected chi connectivity index (χ4v) is 3.99. The first-order chi connectivity index (χ1) is 9.92. The van der Waals surface area contributed by atoms with E-state index in [9.17, 15) is 0 Å². The summed E-state index contributed by atoms with van der Waals surface area (Å²) >= 11 is 0. The lowest BCUT2D eigenvalue weighted by molar-refractivity contribution is -0.342. The molecule has 6 rings (SSSR count). The van der Waals surface area contributed by atoms with Crippen LogP contribution >= 0.6 is 0 Å². The predicted octanol–water partition coefficient (Wildman–Crippen LogP) is 4.58. The lowest BCUT2D eigenvalue weighted by atomic mass is 10.00. The predicted molar refractivity (Wildman–Crippen MR) is 84.1 cm³/mol. The zero-order chi connectivity index (χ0) is 12.8. The van der Waals surface area contributed by atoms with Gasteiger partial charge in [0.2, 0.25) is 5.52 Å². The van der Waals surface area contributed by atoms with Crippen LogP contribution in [0.25, 0.3) is 54.0 Å². The van der Waals surface area contributed by atoms with Crippen LogP contribution in [0.15, 0.2) is 54.7 Å². The van der Waals surface area contributed by atoms with E-state index in [0.29, 0.717) is 0 Å². The van der Waals surface area contributed by atoms with Gasteiger partial charge in [-0.2, -0.15) is 0 Å². The minimum atomic E-state index is 1.24. The average molecular weight is 252 g/mol. The number of aromatic amines is 1. The van der Waals surface area contributed by atoms with Gasteiger partial charge in [-0.05, 0) is 39.1 Å². The third-order valence-electron chi connectivity index (χ3n) is 4.81. The van der Waals surface area contributed by atoms with Gasteiger partial charge in [0.1, 0.15) is 0 Å². The molecule has 0 unspecified atom stereocenters. The zero-order valence-electron chi connectivity index (χ0n) is 10.7. The Hall–Kier alpha value is -2.67. The van der Waals surface area contributed by atoms with Gasteiger partial charge in [-0.25, -0.2) is 4.98 Å². The summed E-state index contributed by atoms with van der Waals surface area (Å²) in [6.07, 6.45) is 2.13. The molecule has 90 valence electrons. The number of aromatic nitrogens is 1. The van der Waals surface area contributed by atoms with E-state index in [0.717, 1.165) is 0 Å². The largest absolute Gasteiger partial charge is 0.212 e. The second-order valence-electron chi connectivity index (χ2n) is 5.73. The number of benzene rings is 4. The van der Waals surface area contributed by atoms with Gasteiger partial charge in [0.25, 0.3) is 0 Å². The number of nitrogens with one attached hydrogen (secondary N) is 1. The van der Waals surface area contributed by atoms with Crippen LogP contribution in [-0.2, 0) is 0 Å². The van der Waals surface area contributed by atoms with Crippen LogP contribution in [-0.4, -0.2) is 0 Å². The number of hydrogen-bond acceptors (Lipinski definition) is 0. The van der Waals surface area contributed by atoms with Crippen molar-refractivity contribution in [3.05, 3.63) is 54.7 Å². The minimum absolute atomic E-state index is 1.24. The number of rotatable bonds is 0. The maximum Gasteiger partial charge on any atom is 0.212 e. The third kappa shape index (κ3) is 0.810. The lowest BCUT2D eigenvalue weighted by Gasteiger charge is -2.03. The molecule has 1 N–H and O–H groups in total. The molecule has 0 atom stereocenters. The van der Waals surface area contributed by atoms with Crippen molar-refractivity contribution in [3.63, 3.8) is 0 Å². The highest BCUT2D eigenvalue weighted by Crippen LogP contribution is 2.46. The first-order valence-corrected chi connectivity index (χ1v) is 6.97. The van der Waals surface area contributed by atoms with Crippen LogP contribution < -0.4 is 4.98 Å². The van der Waals surface area contributed by atoms with E-state index >= 15 is 0 Å². The van der Waals surface area contributed by atoms with Crippen molar-refractivity contribution in [3.8, 4) is 0 Å². The van der Waals surface area contributed by atoms with Crippen molar-refractivity contribution in [1.29, 1.82) is 0 Å². The van der Waals surface area contributed by atoms with Crippen LogP contribution in [0.5, 0.6) is 0 Å². The molecule has 1 heterocycles. The summed E-state index contributed by atoms with van der Waals surface area (Å²) in [4.78, 5) is 3.45. The number of hydrogen-bond donors (Lipinski definition) is 0. The molecular formula is C19H10N+. The summed E-state index contributed by atoms with van der Waals surface area (Å²) in [6.45, 7) is 0. The van der Waals surface area contributed by atoms with Crippen molar-refractivity contribution in [1.82, 2.24) is 0 Å². The van der Waals surface area contributed by atoms with E-state index in [1.54, 1.807) is 0 Å². The summed E-state index contributed by atoms with van der Waals surface area (Å²) < 4.78 is 0. The van der Waals surface area contributed by atoms with Crippen molar-refractivity contribution in [2.75, 3.05) is 0 Å². The topological polar surface area (TPSA) is 14.1 Å². The van der Waals surface area contributed by atoms with Gasteiger partial charge < -0.3 is 0 Å².